The molecule has 1 aliphatic heterocycles. The Labute approximate surface area is 113 Å². The molecular formula is C13H25F3N2O. The van der Waals surface area contributed by atoms with Crippen LogP contribution in [0.5, 0.6) is 0 Å². The average Bonchev–Trinajstić information content (AvgIpc) is 2.37. The minimum absolute atomic E-state index is 0.183. The fourth-order valence-electron chi connectivity index (χ4n) is 2.39. The first-order chi connectivity index (χ1) is 9.01. The highest BCUT2D eigenvalue weighted by atomic mass is 19.4. The van der Waals surface area contributed by atoms with Crippen LogP contribution in [-0.2, 0) is 4.74 Å². The van der Waals surface area contributed by atoms with Gasteiger partial charge in [0.2, 0.25) is 0 Å². The first-order valence-electron chi connectivity index (χ1n) is 7.09. The number of rotatable bonds is 8. The second kappa shape index (κ2) is 8.76. The van der Waals surface area contributed by atoms with E-state index < -0.39 is 12.8 Å². The van der Waals surface area contributed by atoms with E-state index in [1.807, 2.05) is 0 Å². The van der Waals surface area contributed by atoms with Crippen molar-refractivity contribution >= 4 is 0 Å². The Morgan fingerprint density at radius 3 is 2.53 bits per heavy atom. The second-order valence-electron chi connectivity index (χ2n) is 5.11. The fraction of sp³-hybridized carbons (Fsp3) is 1.00. The van der Waals surface area contributed by atoms with Gasteiger partial charge in [-0.2, -0.15) is 13.2 Å². The van der Waals surface area contributed by atoms with E-state index in [-0.39, 0.29) is 6.61 Å². The van der Waals surface area contributed by atoms with Crippen molar-refractivity contribution in [2.75, 3.05) is 45.9 Å². The molecule has 0 unspecified atom stereocenters. The molecule has 0 bridgehead atoms. The molecule has 0 aromatic heterocycles. The summed E-state index contributed by atoms with van der Waals surface area (Å²) in [4.78, 5) is 2.31. The van der Waals surface area contributed by atoms with Crippen LogP contribution in [0, 0.1) is 5.92 Å². The van der Waals surface area contributed by atoms with Gasteiger partial charge < -0.3 is 15.0 Å². The predicted octanol–water partition coefficient (Wildman–Crippen LogP) is 2.28. The van der Waals surface area contributed by atoms with Gasteiger partial charge in [-0.3, -0.25) is 0 Å². The van der Waals surface area contributed by atoms with Crippen LogP contribution < -0.4 is 5.32 Å². The minimum atomic E-state index is -4.21. The number of hydrogen-bond donors (Lipinski definition) is 1. The summed E-state index contributed by atoms with van der Waals surface area (Å²) in [6.45, 7) is 6.13. The summed E-state index contributed by atoms with van der Waals surface area (Å²) in [7, 11) is 0. The summed E-state index contributed by atoms with van der Waals surface area (Å²) in [6, 6.07) is 0. The molecule has 0 amide bonds. The van der Waals surface area contributed by atoms with E-state index in [0.717, 1.165) is 38.6 Å². The molecule has 1 heterocycles. The monoisotopic (exact) mass is 282 g/mol. The average molecular weight is 282 g/mol. The van der Waals surface area contributed by atoms with Crippen LogP contribution in [-0.4, -0.2) is 57.0 Å². The van der Waals surface area contributed by atoms with E-state index in [1.54, 1.807) is 0 Å². The van der Waals surface area contributed by atoms with Crippen LogP contribution in [0.25, 0.3) is 0 Å². The molecule has 1 fully saturated rings. The first kappa shape index (κ1) is 16.7. The quantitative estimate of drug-likeness (QED) is 0.691. The Hall–Kier alpha value is -0.330. The van der Waals surface area contributed by atoms with Crippen LogP contribution in [0.15, 0.2) is 0 Å². The van der Waals surface area contributed by atoms with Gasteiger partial charge in [0, 0.05) is 19.7 Å². The lowest BCUT2D eigenvalue weighted by molar-refractivity contribution is -0.174. The minimum Gasteiger partial charge on any atom is -0.372 e. The number of halogens is 3. The fourth-order valence-corrected chi connectivity index (χ4v) is 2.39. The summed E-state index contributed by atoms with van der Waals surface area (Å²) in [5.41, 5.74) is 0. The smallest absolute Gasteiger partial charge is 0.372 e. The third-order valence-corrected chi connectivity index (χ3v) is 3.45. The summed E-state index contributed by atoms with van der Waals surface area (Å²) >= 11 is 0. The largest absolute Gasteiger partial charge is 0.411 e. The van der Waals surface area contributed by atoms with E-state index in [9.17, 15) is 13.2 Å². The van der Waals surface area contributed by atoms with Gasteiger partial charge in [0.15, 0.2) is 0 Å². The molecule has 1 aliphatic rings. The lowest BCUT2D eigenvalue weighted by atomic mass is 9.97. The Kier molecular flexibility index (Phi) is 7.71. The van der Waals surface area contributed by atoms with Gasteiger partial charge in [-0.15, -0.1) is 0 Å². The van der Waals surface area contributed by atoms with Crippen LogP contribution in [0.2, 0.25) is 0 Å². The molecule has 6 heteroatoms. The second-order valence-corrected chi connectivity index (χ2v) is 5.11. The molecule has 3 nitrogen and oxygen atoms in total. The van der Waals surface area contributed by atoms with Crippen LogP contribution in [0.1, 0.15) is 26.2 Å². The van der Waals surface area contributed by atoms with Crippen molar-refractivity contribution in [2.24, 2.45) is 5.92 Å². The molecule has 1 N–H and O–H groups in total. The number of piperidine rings is 1. The van der Waals surface area contributed by atoms with Gasteiger partial charge in [0.1, 0.15) is 6.61 Å². The molecule has 0 spiro atoms. The number of alkyl halides is 3. The number of hydrogen-bond acceptors (Lipinski definition) is 3. The standard InChI is InChI=1S/C13H25F3N2O/c1-2-18(10-12-4-6-17-7-5-12)8-3-9-19-11-13(14,15)16/h12,17H,2-11H2,1H3. The highest BCUT2D eigenvalue weighted by Crippen LogP contribution is 2.15. The summed E-state index contributed by atoms with van der Waals surface area (Å²) in [6.07, 6.45) is -1.16. The lowest BCUT2D eigenvalue weighted by Crippen LogP contribution is -2.36. The highest BCUT2D eigenvalue weighted by Gasteiger charge is 2.27. The van der Waals surface area contributed by atoms with Crippen LogP contribution >= 0.6 is 0 Å². The van der Waals surface area contributed by atoms with Crippen molar-refractivity contribution in [3.63, 3.8) is 0 Å². The summed E-state index contributed by atoms with van der Waals surface area (Å²) < 4.78 is 40.2. The van der Waals surface area contributed by atoms with Crippen molar-refractivity contribution in [1.29, 1.82) is 0 Å². The predicted molar refractivity (Wildman–Crippen MR) is 69.2 cm³/mol. The third kappa shape index (κ3) is 8.44. The van der Waals surface area contributed by atoms with Crippen molar-refractivity contribution in [3.8, 4) is 0 Å². The third-order valence-electron chi connectivity index (χ3n) is 3.45. The number of nitrogens with zero attached hydrogens (tertiary/aromatic N) is 1. The number of nitrogens with one attached hydrogen (secondary N) is 1. The van der Waals surface area contributed by atoms with Crippen molar-refractivity contribution in [3.05, 3.63) is 0 Å². The Morgan fingerprint density at radius 1 is 1.26 bits per heavy atom. The normalized spacial score (nSPS) is 18.2. The van der Waals surface area contributed by atoms with E-state index >= 15 is 0 Å². The van der Waals surface area contributed by atoms with Crippen molar-refractivity contribution in [2.45, 2.75) is 32.4 Å². The Morgan fingerprint density at radius 2 is 1.95 bits per heavy atom. The molecule has 0 radical (unpaired) electrons. The maximum Gasteiger partial charge on any atom is 0.411 e. The molecule has 114 valence electrons. The van der Waals surface area contributed by atoms with Gasteiger partial charge in [-0.05, 0) is 44.8 Å². The Bertz CT molecular complexity index is 230. The first-order valence-corrected chi connectivity index (χ1v) is 7.09. The van der Waals surface area contributed by atoms with Gasteiger partial charge in [-0.25, -0.2) is 0 Å². The van der Waals surface area contributed by atoms with Crippen LogP contribution in [0.3, 0.4) is 0 Å². The van der Waals surface area contributed by atoms with Crippen molar-refractivity contribution in [1.82, 2.24) is 10.2 Å². The molecule has 0 aliphatic carbocycles. The van der Waals surface area contributed by atoms with Gasteiger partial charge in [-0.1, -0.05) is 6.92 Å². The molecular weight excluding hydrogens is 257 g/mol. The van der Waals surface area contributed by atoms with E-state index in [0.29, 0.717) is 6.42 Å². The maximum atomic E-state index is 11.9. The maximum absolute atomic E-state index is 11.9. The van der Waals surface area contributed by atoms with E-state index in [1.165, 1.54) is 12.8 Å². The van der Waals surface area contributed by atoms with Crippen molar-refractivity contribution < 1.29 is 17.9 Å². The molecule has 0 saturated carbocycles. The lowest BCUT2D eigenvalue weighted by Gasteiger charge is -2.29. The summed E-state index contributed by atoms with van der Waals surface area (Å²) in [5, 5.41) is 3.33. The molecule has 0 aromatic rings. The number of ether oxygens (including phenoxy) is 1. The molecule has 19 heavy (non-hydrogen) atoms. The highest BCUT2D eigenvalue weighted by molar-refractivity contribution is 4.72. The van der Waals surface area contributed by atoms with E-state index in [2.05, 4.69) is 21.9 Å². The summed E-state index contributed by atoms with van der Waals surface area (Å²) in [5.74, 6) is 0.720. The van der Waals surface area contributed by atoms with Crippen LogP contribution in [0.4, 0.5) is 13.2 Å². The van der Waals surface area contributed by atoms with Gasteiger partial charge in [0.05, 0.1) is 0 Å². The zero-order valence-electron chi connectivity index (χ0n) is 11.6. The molecule has 0 aromatic carbocycles. The zero-order valence-corrected chi connectivity index (χ0v) is 11.6. The topological polar surface area (TPSA) is 24.5 Å². The zero-order chi connectivity index (χ0) is 14.1. The van der Waals surface area contributed by atoms with Gasteiger partial charge in [0.25, 0.3) is 0 Å². The molecule has 0 atom stereocenters. The SMILES string of the molecule is CCN(CCCOCC(F)(F)F)CC1CCNCC1. The Balaban J connectivity index is 2.07. The van der Waals surface area contributed by atoms with E-state index in [4.69, 9.17) is 0 Å². The molecule has 1 rings (SSSR count). The molecule has 1 saturated heterocycles. The van der Waals surface area contributed by atoms with Gasteiger partial charge >= 0.3 is 6.18 Å².